The molecule has 2 saturated heterocycles. The van der Waals surface area contributed by atoms with Crippen molar-refractivity contribution in [2.24, 2.45) is 0 Å². The average Bonchev–Trinajstić information content (AvgIpc) is 3.06. The molecule has 228 valence electrons. The van der Waals surface area contributed by atoms with Gasteiger partial charge < -0.3 is 20.9 Å². The molecule has 2 amide bonds. The Morgan fingerprint density at radius 2 is 1.59 bits per heavy atom. The molecule has 0 atom stereocenters. The Balaban J connectivity index is 0.980. The van der Waals surface area contributed by atoms with Crippen LogP contribution in [0.2, 0.25) is 0 Å². The van der Waals surface area contributed by atoms with Crippen LogP contribution in [0.4, 0.5) is 11.4 Å². The molecule has 0 saturated carbocycles. The van der Waals surface area contributed by atoms with Gasteiger partial charge in [0.25, 0.3) is 0 Å². The maximum absolute atomic E-state index is 12.7. The number of piperazine rings is 1. The van der Waals surface area contributed by atoms with Crippen LogP contribution in [0.25, 0.3) is 22.2 Å². The number of anilines is 2. The molecular formula is C36H42N6O2. The van der Waals surface area contributed by atoms with Crippen molar-refractivity contribution in [2.45, 2.75) is 45.2 Å². The largest absolute Gasteiger partial charge is 0.369 e. The maximum atomic E-state index is 12.7. The number of rotatable bonds is 9. The molecule has 2 fully saturated rings. The van der Waals surface area contributed by atoms with Crippen molar-refractivity contribution >= 4 is 34.1 Å². The van der Waals surface area contributed by atoms with Crippen LogP contribution in [0.3, 0.4) is 0 Å². The van der Waals surface area contributed by atoms with E-state index in [4.69, 9.17) is 4.98 Å². The van der Waals surface area contributed by atoms with Crippen molar-refractivity contribution in [1.29, 1.82) is 0 Å². The molecule has 1 aromatic heterocycles. The van der Waals surface area contributed by atoms with Crippen molar-refractivity contribution in [2.75, 3.05) is 49.5 Å². The van der Waals surface area contributed by atoms with Gasteiger partial charge in [0.15, 0.2) is 0 Å². The average molecular weight is 591 g/mol. The minimum absolute atomic E-state index is 0.0614. The number of benzene rings is 3. The number of hydrogen-bond acceptors (Lipinski definition) is 6. The normalized spacial score (nSPS) is 16.2. The lowest BCUT2D eigenvalue weighted by Gasteiger charge is -2.32. The fraction of sp³-hybridized carbons (Fsp3) is 0.361. The third kappa shape index (κ3) is 7.62. The van der Waals surface area contributed by atoms with Crippen LogP contribution >= 0.6 is 0 Å². The number of nitrogens with one attached hydrogen (secondary N) is 3. The first-order valence-electron chi connectivity index (χ1n) is 15.8. The molecule has 3 N–H and O–H groups in total. The number of amides is 2. The lowest BCUT2D eigenvalue weighted by molar-refractivity contribution is -0.125. The van der Waals surface area contributed by atoms with Crippen molar-refractivity contribution < 1.29 is 9.59 Å². The Bertz CT molecular complexity index is 1580. The second kappa shape index (κ2) is 14.0. The van der Waals surface area contributed by atoms with E-state index in [0.717, 1.165) is 86.4 Å². The molecule has 2 aliphatic rings. The van der Waals surface area contributed by atoms with Crippen molar-refractivity contribution in [3.63, 3.8) is 0 Å². The Morgan fingerprint density at radius 3 is 2.34 bits per heavy atom. The van der Waals surface area contributed by atoms with Crippen LogP contribution < -0.4 is 20.9 Å². The van der Waals surface area contributed by atoms with E-state index in [1.54, 1.807) is 0 Å². The summed E-state index contributed by atoms with van der Waals surface area (Å²) in [7, 11) is 0. The third-order valence-corrected chi connectivity index (χ3v) is 8.73. The summed E-state index contributed by atoms with van der Waals surface area (Å²) < 4.78 is 0. The zero-order valence-corrected chi connectivity index (χ0v) is 25.5. The van der Waals surface area contributed by atoms with Crippen LogP contribution in [0.5, 0.6) is 0 Å². The first-order valence-corrected chi connectivity index (χ1v) is 15.8. The van der Waals surface area contributed by atoms with E-state index in [2.05, 4.69) is 87.3 Å². The van der Waals surface area contributed by atoms with Gasteiger partial charge in [-0.2, -0.15) is 0 Å². The lowest BCUT2D eigenvalue weighted by Crippen LogP contribution is -2.44. The molecule has 0 spiro atoms. The Hall–Kier alpha value is -4.27. The quantitative estimate of drug-likeness (QED) is 0.251. The number of pyridine rings is 1. The standard InChI is InChI=1S/C36H42N6O2/c1-26-23-34(28-7-10-31(11-8-28)42-21-17-37-18-22-42)40-33-12-9-30(24-32(26)33)39-36(44)14-13-35(43)38-29-15-19-41(20-16-29)25-27-5-3-2-4-6-27/h2-12,23-24,29,37H,13-22,25H2,1H3,(H,38,43)(H,39,44). The molecule has 44 heavy (non-hydrogen) atoms. The highest BCUT2D eigenvalue weighted by atomic mass is 16.2. The van der Waals surface area contributed by atoms with E-state index in [9.17, 15) is 9.59 Å². The second-order valence-corrected chi connectivity index (χ2v) is 12.0. The molecule has 8 nitrogen and oxygen atoms in total. The van der Waals surface area contributed by atoms with Crippen molar-refractivity contribution in [3.05, 3.63) is 90.0 Å². The number of aryl methyl sites for hydroxylation is 1. The zero-order chi connectivity index (χ0) is 30.3. The van der Waals surface area contributed by atoms with Gasteiger partial charge in [0.2, 0.25) is 11.8 Å². The smallest absolute Gasteiger partial charge is 0.224 e. The molecule has 0 bridgehead atoms. The molecule has 0 unspecified atom stereocenters. The molecule has 6 rings (SSSR count). The first-order chi connectivity index (χ1) is 21.5. The fourth-order valence-electron chi connectivity index (χ4n) is 6.21. The number of carbonyl (C=O) groups excluding carboxylic acids is 2. The SMILES string of the molecule is Cc1cc(-c2ccc(N3CCNCC3)cc2)nc2ccc(NC(=O)CCC(=O)NC3CCN(Cc4ccccc4)CC3)cc12. The van der Waals surface area contributed by atoms with E-state index >= 15 is 0 Å². The predicted octanol–water partition coefficient (Wildman–Crippen LogP) is 5.12. The fourth-order valence-corrected chi connectivity index (χ4v) is 6.21. The highest BCUT2D eigenvalue weighted by Gasteiger charge is 2.21. The molecule has 2 aliphatic heterocycles. The summed E-state index contributed by atoms with van der Waals surface area (Å²) in [6.45, 7) is 9.01. The molecule has 8 heteroatoms. The number of nitrogens with zero attached hydrogens (tertiary/aromatic N) is 3. The van der Waals surface area contributed by atoms with Crippen LogP contribution in [-0.4, -0.2) is 67.0 Å². The third-order valence-electron chi connectivity index (χ3n) is 8.73. The highest BCUT2D eigenvalue weighted by molar-refractivity contribution is 5.96. The topological polar surface area (TPSA) is 89.6 Å². The molecule has 3 heterocycles. The molecule has 3 aromatic carbocycles. The number of hydrogen-bond donors (Lipinski definition) is 3. The molecule has 4 aromatic rings. The Morgan fingerprint density at radius 1 is 0.864 bits per heavy atom. The summed E-state index contributed by atoms with van der Waals surface area (Å²) >= 11 is 0. The van der Waals surface area contributed by atoms with E-state index in [1.165, 1.54) is 11.3 Å². The van der Waals surface area contributed by atoms with Gasteiger partial charge >= 0.3 is 0 Å². The van der Waals surface area contributed by atoms with Crippen LogP contribution in [0, 0.1) is 6.92 Å². The van der Waals surface area contributed by atoms with Crippen molar-refractivity contribution in [3.8, 4) is 11.3 Å². The number of likely N-dealkylation sites (tertiary alicyclic amines) is 1. The summed E-state index contributed by atoms with van der Waals surface area (Å²) in [6.07, 6.45) is 2.19. The number of aromatic nitrogens is 1. The van der Waals surface area contributed by atoms with Crippen LogP contribution in [0.1, 0.15) is 36.8 Å². The number of carbonyl (C=O) groups is 2. The van der Waals surface area contributed by atoms with Gasteiger partial charge in [-0.1, -0.05) is 42.5 Å². The monoisotopic (exact) mass is 590 g/mol. The van der Waals surface area contributed by atoms with Crippen molar-refractivity contribution in [1.82, 2.24) is 20.5 Å². The van der Waals surface area contributed by atoms with Gasteiger partial charge in [-0.25, -0.2) is 4.98 Å². The van der Waals surface area contributed by atoms with Gasteiger partial charge in [-0.05, 0) is 67.3 Å². The Labute approximate surface area is 259 Å². The highest BCUT2D eigenvalue weighted by Crippen LogP contribution is 2.28. The molecule has 0 aliphatic carbocycles. The summed E-state index contributed by atoms with van der Waals surface area (Å²) in [4.78, 5) is 35.0. The van der Waals surface area contributed by atoms with Gasteiger partial charge in [0, 0.05) is 87.0 Å². The van der Waals surface area contributed by atoms with E-state index in [0.29, 0.717) is 5.69 Å². The van der Waals surface area contributed by atoms with E-state index in [1.807, 2.05) is 24.3 Å². The van der Waals surface area contributed by atoms with Gasteiger partial charge in [0.1, 0.15) is 0 Å². The lowest BCUT2D eigenvalue weighted by atomic mass is 10.0. The van der Waals surface area contributed by atoms with E-state index < -0.39 is 0 Å². The minimum Gasteiger partial charge on any atom is -0.369 e. The van der Waals surface area contributed by atoms with E-state index in [-0.39, 0.29) is 30.7 Å². The Kier molecular flexibility index (Phi) is 9.48. The summed E-state index contributed by atoms with van der Waals surface area (Å²) in [6, 6.07) is 27.2. The maximum Gasteiger partial charge on any atom is 0.224 e. The predicted molar refractivity (Wildman–Crippen MR) is 178 cm³/mol. The molecular weight excluding hydrogens is 548 g/mol. The van der Waals surface area contributed by atoms with Crippen LogP contribution in [0.15, 0.2) is 78.9 Å². The minimum atomic E-state index is -0.163. The summed E-state index contributed by atoms with van der Waals surface area (Å²) in [5.74, 6) is -0.224. The second-order valence-electron chi connectivity index (χ2n) is 12.0. The van der Waals surface area contributed by atoms with Gasteiger partial charge in [-0.15, -0.1) is 0 Å². The number of fused-ring (bicyclic) bond motifs is 1. The van der Waals surface area contributed by atoms with Crippen LogP contribution in [-0.2, 0) is 16.1 Å². The molecule has 0 radical (unpaired) electrons. The first kappa shape index (κ1) is 29.8. The van der Waals surface area contributed by atoms with Gasteiger partial charge in [0.05, 0.1) is 11.2 Å². The number of piperidine rings is 1. The zero-order valence-electron chi connectivity index (χ0n) is 25.5. The summed E-state index contributed by atoms with van der Waals surface area (Å²) in [5, 5.41) is 10.5. The summed E-state index contributed by atoms with van der Waals surface area (Å²) in [5.41, 5.74) is 7.28. The van der Waals surface area contributed by atoms with Gasteiger partial charge in [-0.3, -0.25) is 14.5 Å².